The lowest BCUT2D eigenvalue weighted by Gasteiger charge is -2.60. The fourth-order valence-corrected chi connectivity index (χ4v) is 8.90. The highest BCUT2D eigenvalue weighted by molar-refractivity contribution is 5.27. The minimum absolute atomic E-state index is 0.00932. The molecule has 1 unspecified atom stereocenters. The first-order chi connectivity index (χ1) is 14.5. The van der Waals surface area contributed by atoms with E-state index in [1.165, 1.54) is 57.6 Å². The molecule has 31 heavy (non-hydrogen) atoms. The van der Waals surface area contributed by atoms with Gasteiger partial charge in [0.05, 0.1) is 0 Å². The molecule has 0 radical (unpaired) electrons. The minimum atomic E-state index is -1.41. The maximum Gasteiger partial charge on any atom is 0.195 e. The molecule has 4 aliphatic carbocycles. The van der Waals surface area contributed by atoms with Gasteiger partial charge in [-0.05, 0) is 84.9 Å². The molecular formula is C28H48O3. The van der Waals surface area contributed by atoms with Crippen LogP contribution in [0.25, 0.3) is 0 Å². The van der Waals surface area contributed by atoms with Crippen LogP contribution >= 0.6 is 0 Å². The van der Waals surface area contributed by atoms with E-state index in [4.69, 9.17) is 4.74 Å². The first kappa shape index (κ1) is 23.8. The van der Waals surface area contributed by atoms with Crippen molar-refractivity contribution >= 4 is 0 Å². The first-order valence-electron chi connectivity index (χ1n) is 13.2. The maximum absolute atomic E-state index is 10.8. The van der Waals surface area contributed by atoms with Crippen molar-refractivity contribution in [1.82, 2.24) is 0 Å². The Morgan fingerprint density at radius 1 is 1.10 bits per heavy atom. The average Bonchev–Trinajstić information content (AvgIpc) is 3.06. The van der Waals surface area contributed by atoms with E-state index in [1.54, 1.807) is 0 Å². The van der Waals surface area contributed by atoms with Crippen LogP contribution in [-0.4, -0.2) is 29.2 Å². The van der Waals surface area contributed by atoms with Gasteiger partial charge in [-0.3, -0.25) is 0 Å². The van der Waals surface area contributed by atoms with Gasteiger partial charge in [-0.25, -0.2) is 0 Å². The Morgan fingerprint density at radius 3 is 2.52 bits per heavy atom. The van der Waals surface area contributed by atoms with E-state index in [1.807, 2.05) is 0 Å². The van der Waals surface area contributed by atoms with Crippen LogP contribution in [0.1, 0.15) is 98.8 Å². The zero-order valence-electron chi connectivity index (χ0n) is 21.0. The molecule has 0 saturated heterocycles. The summed E-state index contributed by atoms with van der Waals surface area (Å²) in [6.45, 7) is 12.2. The Labute approximate surface area is 191 Å². The predicted octanol–water partition coefficient (Wildman–Crippen LogP) is 6.33. The predicted molar refractivity (Wildman–Crippen MR) is 126 cm³/mol. The van der Waals surface area contributed by atoms with Crippen molar-refractivity contribution in [1.29, 1.82) is 0 Å². The maximum atomic E-state index is 10.8. The Kier molecular flexibility index (Phi) is 6.47. The summed E-state index contributed by atoms with van der Waals surface area (Å²) in [5.41, 5.74) is 1.83. The largest absolute Gasteiger partial charge is 0.387 e. The monoisotopic (exact) mass is 432 g/mol. The van der Waals surface area contributed by atoms with Gasteiger partial charge in [-0.15, -0.1) is 0 Å². The molecule has 3 heteroatoms. The number of ether oxygens (including phenoxy) is 1. The lowest BCUT2D eigenvalue weighted by Crippen LogP contribution is -2.57. The molecule has 4 rings (SSSR count). The Balaban J connectivity index is 1.52. The van der Waals surface area contributed by atoms with Crippen LogP contribution in [0.4, 0.5) is 0 Å². The molecule has 3 fully saturated rings. The van der Waals surface area contributed by atoms with Crippen molar-refractivity contribution in [2.75, 3.05) is 7.11 Å². The highest BCUT2D eigenvalue weighted by atomic mass is 16.6. The highest BCUT2D eigenvalue weighted by Crippen LogP contribution is 2.67. The third-order valence-electron chi connectivity index (χ3n) is 10.8. The zero-order valence-corrected chi connectivity index (χ0v) is 21.0. The molecule has 0 amide bonds. The Bertz CT molecular complexity index is 686. The van der Waals surface area contributed by atoms with Gasteiger partial charge in [0.2, 0.25) is 0 Å². The van der Waals surface area contributed by atoms with Gasteiger partial charge in [0.15, 0.2) is 5.79 Å². The molecule has 178 valence electrons. The van der Waals surface area contributed by atoms with Crippen LogP contribution in [0, 0.1) is 46.3 Å². The van der Waals surface area contributed by atoms with Crippen molar-refractivity contribution in [3.8, 4) is 0 Å². The van der Waals surface area contributed by atoms with E-state index in [0.717, 1.165) is 36.0 Å². The van der Waals surface area contributed by atoms with Gasteiger partial charge < -0.3 is 14.9 Å². The number of methoxy groups -OCH3 is 1. The summed E-state index contributed by atoms with van der Waals surface area (Å²) in [6.07, 6.45) is 13.4. The molecule has 2 N–H and O–H groups in total. The fraction of sp³-hybridized carbons (Fsp3) is 0.929. The van der Waals surface area contributed by atoms with Gasteiger partial charge in [-0.2, -0.15) is 0 Å². The lowest BCUT2D eigenvalue weighted by atomic mass is 9.46. The number of aliphatic hydroxyl groups excluding tert-OH is 1. The molecule has 0 heterocycles. The number of aliphatic hydroxyl groups is 2. The molecule has 0 aromatic carbocycles. The van der Waals surface area contributed by atoms with E-state index >= 15 is 0 Å². The number of hydrogen-bond acceptors (Lipinski definition) is 3. The summed E-state index contributed by atoms with van der Waals surface area (Å²) >= 11 is 0. The highest BCUT2D eigenvalue weighted by Gasteiger charge is 2.61. The molecule has 9 atom stereocenters. The van der Waals surface area contributed by atoms with Gasteiger partial charge >= 0.3 is 0 Å². The van der Waals surface area contributed by atoms with E-state index < -0.39 is 11.9 Å². The van der Waals surface area contributed by atoms with Crippen LogP contribution in [0.3, 0.4) is 0 Å². The van der Waals surface area contributed by atoms with Gasteiger partial charge in [0, 0.05) is 13.5 Å². The lowest BCUT2D eigenvalue weighted by molar-refractivity contribution is -0.264. The van der Waals surface area contributed by atoms with Crippen molar-refractivity contribution in [3.05, 3.63) is 11.6 Å². The van der Waals surface area contributed by atoms with Gasteiger partial charge in [0.25, 0.3) is 0 Å². The average molecular weight is 433 g/mol. The molecule has 0 bridgehead atoms. The van der Waals surface area contributed by atoms with E-state index in [2.05, 4.69) is 40.7 Å². The van der Waals surface area contributed by atoms with E-state index in [0.29, 0.717) is 24.2 Å². The van der Waals surface area contributed by atoms with Crippen LogP contribution in [0.5, 0.6) is 0 Å². The summed E-state index contributed by atoms with van der Waals surface area (Å²) in [6, 6.07) is 0. The quantitative estimate of drug-likeness (QED) is 0.381. The molecular weight excluding hydrogens is 384 g/mol. The number of allylic oxidation sites excluding steroid dienone is 1. The summed E-state index contributed by atoms with van der Waals surface area (Å²) in [5.74, 6) is 3.31. The van der Waals surface area contributed by atoms with Crippen LogP contribution in [0.2, 0.25) is 0 Å². The van der Waals surface area contributed by atoms with Crippen LogP contribution in [-0.2, 0) is 4.74 Å². The molecule has 0 aliphatic heterocycles. The normalized spacial score (nSPS) is 48.0. The summed E-state index contributed by atoms with van der Waals surface area (Å²) in [7, 11) is 1.52. The van der Waals surface area contributed by atoms with Gasteiger partial charge in [0.1, 0.15) is 6.10 Å². The molecule has 0 spiro atoms. The third-order valence-corrected chi connectivity index (χ3v) is 10.8. The Hall–Kier alpha value is -0.380. The third kappa shape index (κ3) is 3.85. The number of hydrogen-bond donors (Lipinski definition) is 2. The molecule has 0 aromatic heterocycles. The second-order valence-corrected chi connectivity index (χ2v) is 12.7. The summed E-state index contributed by atoms with van der Waals surface area (Å²) in [5, 5.41) is 21.6. The SMILES string of the molecule is CO[C@@]1(O)CC2=CC[C@H]3[C@@H]4CC[C@H]([C@H](C)CCCC(C)C)[C@@]4(C)CC[C@@H]3[C@@]2(C)CC1O. The first-order valence-corrected chi connectivity index (χ1v) is 13.2. The smallest absolute Gasteiger partial charge is 0.195 e. The second-order valence-electron chi connectivity index (χ2n) is 12.7. The Morgan fingerprint density at radius 2 is 1.84 bits per heavy atom. The summed E-state index contributed by atoms with van der Waals surface area (Å²) in [4.78, 5) is 0. The zero-order chi connectivity index (χ0) is 22.6. The minimum Gasteiger partial charge on any atom is -0.387 e. The van der Waals surface area contributed by atoms with Crippen molar-refractivity contribution in [2.24, 2.45) is 46.3 Å². The molecule has 3 saturated carbocycles. The molecule has 3 nitrogen and oxygen atoms in total. The second kappa shape index (κ2) is 8.44. The number of fused-ring (bicyclic) bond motifs is 5. The fourth-order valence-electron chi connectivity index (χ4n) is 8.90. The van der Waals surface area contributed by atoms with E-state index in [-0.39, 0.29) is 5.41 Å². The van der Waals surface area contributed by atoms with Crippen molar-refractivity contribution < 1.29 is 14.9 Å². The summed E-state index contributed by atoms with van der Waals surface area (Å²) < 4.78 is 5.36. The molecule has 4 aliphatic rings. The van der Waals surface area contributed by atoms with Gasteiger partial charge in [-0.1, -0.05) is 65.5 Å². The molecule has 0 aromatic rings. The van der Waals surface area contributed by atoms with Crippen molar-refractivity contribution in [3.63, 3.8) is 0 Å². The van der Waals surface area contributed by atoms with Crippen LogP contribution in [0.15, 0.2) is 11.6 Å². The topological polar surface area (TPSA) is 49.7 Å². The van der Waals surface area contributed by atoms with Crippen molar-refractivity contribution in [2.45, 2.75) is 111 Å². The van der Waals surface area contributed by atoms with Crippen LogP contribution < -0.4 is 0 Å². The number of rotatable bonds is 6. The van der Waals surface area contributed by atoms with E-state index in [9.17, 15) is 10.2 Å². The standard InChI is InChI=1S/C28H48O3/c1-18(2)8-7-9-19(3)22-12-13-23-21-11-10-20-16-28(30,31-6)25(29)17-27(20,5)24(21)14-15-26(22,23)4/h10,18-19,21-25,29-30H,7-9,11-17H2,1-6H3/t19-,21+,22-,23+,24+,25?,26-,27+,28+/m1/s1.